The summed E-state index contributed by atoms with van der Waals surface area (Å²) in [5.41, 5.74) is 0.0342. The molecule has 100 valence electrons. The summed E-state index contributed by atoms with van der Waals surface area (Å²) < 4.78 is 9.96. The summed E-state index contributed by atoms with van der Waals surface area (Å²) in [5.74, 6) is -0.710. The standard InChI is InChI=1S/C12H17NO5/c1-17-6-7-18-5-4-13-12(16)10-8-9(14)2-3-11(10)15/h2-3,8,14-15H,4-7H2,1H3,(H,13,16). The van der Waals surface area contributed by atoms with Crippen molar-refractivity contribution in [1.29, 1.82) is 0 Å². The number of amides is 1. The first-order chi connectivity index (χ1) is 8.65. The zero-order valence-electron chi connectivity index (χ0n) is 10.2. The van der Waals surface area contributed by atoms with Gasteiger partial charge in [0.1, 0.15) is 11.5 Å². The Labute approximate surface area is 105 Å². The van der Waals surface area contributed by atoms with Gasteiger partial charge in [0.15, 0.2) is 0 Å². The Morgan fingerprint density at radius 2 is 2.06 bits per heavy atom. The normalized spacial score (nSPS) is 10.3. The fourth-order valence-corrected chi connectivity index (χ4v) is 1.28. The van der Waals surface area contributed by atoms with Gasteiger partial charge in [-0.05, 0) is 18.2 Å². The minimum Gasteiger partial charge on any atom is -0.508 e. The third-order valence-corrected chi connectivity index (χ3v) is 2.19. The van der Waals surface area contributed by atoms with Crippen LogP contribution in [0.15, 0.2) is 18.2 Å². The first-order valence-electron chi connectivity index (χ1n) is 5.52. The number of phenolic OH excluding ortho intramolecular Hbond substituents is 2. The number of hydrogen-bond donors (Lipinski definition) is 3. The molecule has 0 atom stereocenters. The molecule has 1 rings (SSSR count). The van der Waals surface area contributed by atoms with Crippen molar-refractivity contribution in [3.05, 3.63) is 23.8 Å². The van der Waals surface area contributed by atoms with Gasteiger partial charge >= 0.3 is 0 Å². The molecular formula is C12H17NO5. The third-order valence-electron chi connectivity index (χ3n) is 2.19. The fraction of sp³-hybridized carbons (Fsp3) is 0.417. The Balaban J connectivity index is 2.34. The molecule has 0 saturated carbocycles. The topological polar surface area (TPSA) is 88.0 Å². The summed E-state index contributed by atoms with van der Waals surface area (Å²) in [4.78, 5) is 11.6. The van der Waals surface area contributed by atoms with Gasteiger partial charge in [0.05, 0.1) is 25.4 Å². The molecule has 0 aliphatic heterocycles. The van der Waals surface area contributed by atoms with Crippen LogP contribution in [0.4, 0.5) is 0 Å². The third kappa shape index (κ3) is 4.60. The number of carbonyl (C=O) groups is 1. The van der Waals surface area contributed by atoms with Gasteiger partial charge in [-0.3, -0.25) is 4.79 Å². The molecule has 6 nitrogen and oxygen atoms in total. The average Bonchev–Trinajstić information content (AvgIpc) is 2.36. The van der Waals surface area contributed by atoms with Crippen LogP contribution in [0.25, 0.3) is 0 Å². The Bertz CT molecular complexity index is 394. The summed E-state index contributed by atoms with van der Waals surface area (Å²) >= 11 is 0. The number of phenols is 2. The van der Waals surface area contributed by atoms with Crippen LogP contribution in [0.2, 0.25) is 0 Å². The lowest BCUT2D eigenvalue weighted by atomic mass is 10.2. The van der Waals surface area contributed by atoms with Crippen LogP contribution in [-0.4, -0.2) is 49.6 Å². The van der Waals surface area contributed by atoms with Crippen LogP contribution >= 0.6 is 0 Å². The van der Waals surface area contributed by atoms with E-state index in [1.165, 1.54) is 18.2 Å². The van der Waals surface area contributed by atoms with E-state index in [-0.39, 0.29) is 17.1 Å². The summed E-state index contributed by atoms with van der Waals surface area (Å²) in [5, 5.41) is 21.3. The van der Waals surface area contributed by atoms with Crippen molar-refractivity contribution in [3.63, 3.8) is 0 Å². The Morgan fingerprint density at radius 3 is 2.78 bits per heavy atom. The first kappa shape index (κ1) is 14.3. The first-order valence-corrected chi connectivity index (χ1v) is 5.52. The van der Waals surface area contributed by atoms with Gasteiger partial charge in [0, 0.05) is 13.7 Å². The SMILES string of the molecule is COCCOCCNC(=O)c1cc(O)ccc1O. The number of benzene rings is 1. The second-order valence-corrected chi connectivity index (χ2v) is 3.56. The molecule has 0 saturated heterocycles. The molecule has 1 aromatic rings. The molecule has 0 aliphatic rings. The van der Waals surface area contributed by atoms with Gasteiger partial charge in [-0.25, -0.2) is 0 Å². The van der Waals surface area contributed by atoms with Gasteiger partial charge in [0.2, 0.25) is 0 Å². The fourth-order valence-electron chi connectivity index (χ4n) is 1.28. The van der Waals surface area contributed by atoms with Gasteiger partial charge in [0.25, 0.3) is 5.91 Å². The predicted molar refractivity (Wildman–Crippen MR) is 64.8 cm³/mol. The molecule has 0 radical (unpaired) electrons. The van der Waals surface area contributed by atoms with E-state index < -0.39 is 5.91 Å². The second kappa shape index (κ2) is 7.52. The maximum atomic E-state index is 11.6. The van der Waals surface area contributed by atoms with Crippen LogP contribution in [0.1, 0.15) is 10.4 Å². The number of methoxy groups -OCH3 is 1. The largest absolute Gasteiger partial charge is 0.508 e. The molecular weight excluding hydrogens is 238 g/mol. The molecule has 0 aliphatic carbocycles. The van der Waals surface area contributed by atoms with Crippen molar-refractivity contribution in [2.75, 3.05) is 33.5 Å². The maximum Gasteiger partial charge on any atom is 0.255 e. The highest BCUT2D eigenvalue weighted by Gasteiger charge is 2.11. The van der Waals surface area contributed by atoms with Crippen molar-refractivity contribution >= 4 is 5.91 Å². The highest BCUT2D eigenvalue weighted by atomic mass is 16.5. The van der Waals surface area contributed by atoms with Gasteiger partial charge < -0.3 is 25.0 Å². The van der Waals surface area contributed by atoms with Crippen molar-refractivity contribution in [3.8, 4) is 11.5 Å². The second-order valence-electron chi connectivity index (χ2n) is 3.56. The Morgan fingerprint density at radius 1 is 1.28 bits per heavy atom. The predicted octanol–water partition coefficient (Wildman–Crippen LogP) is 0.491. The lowest BCUT2D eigenvalue weighted by Crippen LogP contribution is -2.27. The van der Waals surface area contributed by atoms with E-state index in [2.05, 4.69) is 5.32 Å². The van der Waals surface area contributed by atoms with Crippen LogP contribution < -0.4 is 5.32 Å². The van der Waals surface area contributed by atoms with Crippen molar-refractivity contribution in [2.24, 2.45) is 0 Å². The molecule has 1 amide bonds. The van der Waals surface area contributed by atoms with E-state index in [1.54, 1.807) is 7.11 Å². The number of carbonyl (C=O) groups excluding carboxylic acids is 1. The van der Waals surface area contributed by atoms with E-state index >= 15 is 0 Å². The summed E-state index contributed by atoms with van der Waals surface area (Å²) in [6, 6.07) is 3.77. The van der Waals surface area contributed by atoms with Crippen molar-refractivity contribution in [2.45, 2.75) is 0 Å². The molecule has 3 N–H and O–H groups in total. The molecule has 0 bridgehead atoms. The van der Waals surface area contributed by atoms with Crippen LogP contribution in [0.5, 0.6) is 11.5 Å². The van der Waals surface area contributed by atoms with E-state index in [1.807, 2.05) is 0 Å². The summed E-state index contributed by atoms with van der Waals surface area (Å²) in [6.07, 6.45) is 0. The van der Waals surface area contributed by atoms with E-state index in [4.69, 9.17) is 9.47 Å². The molecule has 18 heavy (non-hydrogen) atoms. The van der Waals surface area contributed by atoms with Gasteiger partial charge in [-0.2, -0.15) is 0 Å². The quantitative estimate of drug-likeness (QED) is 0.487. The Hall–Kier alpha value is -1.79. The van der Waals surface area contributed by atoms with E-state index in [0.29, 0.717) is 26.4 Å². The van der Waals surface area contributed by atoms with Gasteiger partial charge in [-0.15, -0.1) is 0 Å². The number of nitrogens with one attached hydrogen (secondary N) is 1. The van der Waals surface area contributed by atoms with E-state index in [0.717, 1.165) is 0 Å². The summed E-state index contributed by atoms with van der Waals surface area (Å²) in [6.45, 7) is 1.64. The van der Waals surface area contributed by atoms with Crippen LogP contribution in [-0.2, 0) is 9.47 Å². The average molecular weight is 255 g/mol. The molecule has 1 aromatic carbocycles. The zero-order chi connectivity index (χ0) is 13.4. The monoisotopic (exact) mass is 255 g/mol. The molecule has 0 fully saturated rings. The van der Waals surface area contributed by atoms with Crippen LogP contribution in [0.3, 0.4) is 0 Å². The van der Waals surface area contributed by atoms with Crippen molar-refractivity contribution < 1.29 is 24.5 Å². The van der Waals surface area contributed by atoms with Crippen LogP contribution in [0, 0.1) is 0 Å². The van der Waals surface area contributed by atoms with Gasteiger partial charge in [-0.1, -0.05) is 0 Å². The highest BCUT2D eigenvalue weighted by Crippen LogP contribution is 2.21. The maximum absolute atomic E-state index is 11.6. The molecule has 0 heterocycles. The zero-order valence-corrected chi connectivity index (χ0v) is 10.2. The number of aromatic hydroxyl groups is 2. The Kier molecular flexibility index (Phi) is 5.96. The highest BCUT2D eigenvalue weighted by molar-refractivity contribution is 5.97. The smallest absolute Gasteiger partial charge is 0.255 e. The lowest BCUT2D eigenvalue weighted by molar-refractivity contribution is 0.0692. The number of rotatable bonds is 7. The molecule has 0 unspecified atom stereocenters. The minimum atomic E-state index is -0.459. The lowest BCUT2D eigenvalue weighted by Gasteiger charge is -2.07. The molecule has 0 spiro atoms. The van der Waals surface area contributed by atoms with E-state index in [9.17, 15) is 15.0 Å². The summed E-state index contributed by atoms with van der Waals surface area (Å²) in [7, 11) is 1.58. The van der Waals surface area contributed by atoms with Crippen molar-refractivity contribution in [1.82, 2.24) is 5.32 Å². The molecule has 6 heteroatoms. The number of hydrogen-bond acceptors (Lipinski definition) is 5. The molecule has 0 aromatic heterocycles. The number of ether oxygens (including phenoxy) is 2. The minimum absolute atomic E-state index is 0.0342.